The highest BCUT2D eigenvalue weighted by atomic mass is 16.4. The van der Waals surface area contributed by atoms with Crippen LogP contribution in [0.25, 0.3) is 0 Å². The number of amides is 1. The van der Waals surface area contributed by atoms with Crippen LogP contribution in [0.4, 0.5) is 0 Å². The van der Waals surface area contributed by atoms with Crippen LogP contribution in [0.1, 0.15) is 48.0 Å². The predicted octanol–water partition coefficient (Wildman–Crippen LogP) is 2.08. The molecule has 1 amide bonds. The number of aliphatic carboxylic acids is 1. The first-order valence-electron chi connectivity index (χ1n) is 6.59. The molecule has 20 heavy (non-hydrogen) atoms. The molecule has 5 nitrogen and oxygen atoms in total. The number of nitriles is 1. The SMILES string of the molecule is N#Cc1ccc(C(=O)NC2(CC(=O)O)CCCC2)cc1. The van der Waals surface area contributed by atoms with Crippen LogP contribution >= 0.6 is 0 Å². The van der Waals surface area contributed by atoms with Crippen molar-refractivity contribution in [3.63, 3.8) is 0 Å². The van der Waals surface area contributed by atoms with Gasteiger partial charge in [0.05, 0.1) is 23.6 Å². The van der Waals surface area contributed by atoms with Crippen LogP contribution in [0.2, 0.25) is 0 Å². The van der Waals surface area contributed by atoms with Crippen molar-refractivity contribution in [2.24, 2.45) is 0 Å². The van der Waals surface area contributed by atoms with E-state index in [1.807, 2.05) is 6.07 Å². The van der Waals surface area contributed by atoms with Crippen LogP contribution in [-0.2, 0) is 4.79 Å². The van der Waals surface area contributed by atoms with Crippen LogP contribution in [-0.4, -0.2) is 22.5 Å². The van der Waals surface area contributed by atoms with Crippen molar-refractivity contribution in [3.8, 4) is 6.07 Å². The number of hydrogen-bond acceptors (Lipinski definition) is 3. The number of nitrogens with one attached hydrogen (secondary N) is 1. The molecule has 1 aromatic rings. The van der Waals surface area contributed by atoms with Crippen molar-refractivity contribution < 1.29 is 14.7 Å². The Morgan fingerprint density at radius 1 is 1.25 bits per heavy atom. The Balaban J connectivity index is 2.12. The molecule has 1 aliphatic carbocycles. The summed E-state index contributed by atoms with van der Waals surface area (Å²) >= 11 is 0. The van der Waals surface area contributed by atoms with Gasteiger partial charge >= 0.3 is 5.97 Å². The number of rotatable bonds is 4. The highest BCUT2D eigenvalue weighted by Crippen LogP contribution is 2.32. The van der Waals surface area contributed by atoms with Crippen molar-refractivity contribution in [3.05, 3.63) is 35.4 Å². The molecular weight excluding hydrogens is 256 g/mol. The summed E-state index contributed by atoms with van der Waals surface area (Å²) in [5, 5.41) is 20.6. The van der Waals surface area contributed by atoms with Crippen molar-refractivity contribution in [1.29, 1.82) is 5.26 Å². The summed E-state index contributed by atoms with van der Waals surface area (Å²) in [6, 6.07) is 8.31. The first-order valence-corrected chi connectivity index (χ1v) is 6.59. The van der Waals surface area contributed by atoms with Crippen LogP contribution < -0.4 is 5.32 Å². The lowest BCUT2D eigenvalue weighted by Crippen LogP contribution is -2.47. The minimum Gasteiger partial charge on any atom is -0.481 e. The highest BCUT2D eigenvalue weighted by Gasteiger charge is 2.37. The summed E-state index contributed by atoms with van der Waals surface area (Å²) in [5.41, 5.74) is 0.305. The molecule has 0 saturated heterocycles. The maximum atomic E-state index is 12.2. The Labute approximate surface area is 117 Å². The molecule has 0 unspecified atom stereocenters. The van der Waals surface area contributed by atoms with E-state index < -0.39 is 11.5 Å². The second-order valence-corrected chi connectivity index (χ2v) is 5.20. The number of hydrogen-bond donors (Lipinski definition) is 2. The lowest BCUT2D eigenvalue weighted by Gasteiger charge is -2.28. The molecule has 1 fully saturated rings. The van der Waals surface area contributed by atoms with Gasteiger partial charge in [-0.1, -0.05) is 12.8 Å². The predicted molar refractivity (Wildman–Crippen MR) is 72.1 cm³/mol. The maximum Gasteiger partial charge on any atom is 0.305 e. The van der Waals surface area contributed by atoms with E-state index in [0.717, 1.165) is 12.8 Å². The molecule has 5 heteroatoms. The molecule has 0 spiro atoms. The van der Waals surface area contributed by atoms with Gasteiger partial charge in [-0.3, -0.25) is 9.59 Å². The molecule has 0 radical (unpaired) electrons. The van der Waals surface area contributed by atoms with E-state index in [4.69, 9.17) is 10.4 Å². The van der Waals surface area contributed by atoms with Crippen molar-refractivity contribution in [2.75, 3.05) is 0 Å². The fraction of sp³-hybridized carbons (Fsp3) is 0.400. The van der Waals surface area contributed by atoms with Crippen molar-refractivity contribution in [1.82, 2.24) is 5.32 Å². The highest BCUT2D eigenvalue weighted by molar-refractivity contribution is 5.95. The molecule has 0 aromatic heterocycles. The Morgan fingerprint density at radius 2 is 1.85 bits per heavy atom. The van der Waals surface area contributed by atoms with Gasteiger partial charge in [0.1, 0.15) is 0 Å². The molecule has 1 aliphatic rings. The van der Waals surface area contributed by atoms with Crippen molar-refractivity contribution >= 4 is 11.9 Å². The minimum atomic E-state index is -0.896. The van der Waals surface area contributed by atoms with Gasteiger partial charge in [-0.05, 0) is 37.1 Å². The summed E-state index contributed by atoms with van der Waals surface area (Å²) in [5.74, 6) is -1.18. The van der Waals surface area contributed by atoms with Gasteiger partial charge in [0.25, 0.3) is 5.91 Å². The fourth-order valence-corrected chi connectivity index (χ4v) is 2.70. The third-order valence-corrected chi connectivity index (χ3v) is 3.71. The maximum absolute atomic E-state index is 12.2. The van der Waals surface area contributed by atoms with Gasteiger partial charge in [-0.15, -0.1) is 0 Å². The van der Waals surface area contributed by atoms with Gasteiger partial charge in [-0.25, -0.2) is 0 Å². The number of nitrogens with zero attached hydrogens (tertiary/aromatic N) is 1. The topological polar surface area (TPSA) is 90.2 Å². The fourth-order valence-electron chi connectivity index (χ4n) is 2.70. The zero-order chi connectivity index (χ0) is 14.6. The summed E-state index contributed by atoms with van der Waals surface area (Å²) in [6.07, 6.45) is 3.21. The third-order valence-electron chi connectivity index (χ3n) is 3.71. The van der Waals surface area contributed by atoms with Gasteiger partial charge < -0.3 is 10.4 Å². The van der Waals surface area contributed by atoms with E-state index in [0.29, 0.717) is 24.0 Å². The summed E-state index contributed by atoms with van der Waals surface area (Å²) < 4.78 is 0. The lowest BCUT2D eigenvalue weighted by molar-refractivity contribution is -0.138. The molecule has 0 aliphatic heterocycles. The average Bonchev–Trinajstić information content (AvgIpc) is 2.86. The van der Waals surface area contributed by atoms with Crippen LogP contribution in [0.3, 0.4) is 0 Å². The molecule has 2 rings (SSSR count). The molecule has 0 atom stereocenters. The summed E-state index contributed by atoms with van der Waals surface area (Å²) in [7, 11) is 0. The molecule has 1 saturated carbocycles. The number of benzene rings is 1. The standard InChI is InChI=1S/C15H16N2O3/c16-10-11-3-5-12(6-4-11)14(20)17-15(9-13(18)19)7-1-2-8-15/h3-6H,1-2,7-9H2,(H,17,20)(H,18,19). The number of carboxylic acids is 1. The van der Waals surface area contributed by atoms with Crippen LogP contribution in [0.5, 0.6) is 0 Å². The number of carbonyl (C=O) groups excluding carboxylic acids is 1. The largest absolute Gasteiger partial charge is 0.481 e. The van der Waals surface area contributed by atoms with E-state index in [1.54, 1.807) is 24.3 Å². The Morgan fingerprint density at radius 3 is 2.35 bits per heavy atom. The number of carbonyl (C=O) groups is 2. The van der Waals surface area contributed by atoms with Gasteiger partial charge in [0.2, 0.25) is 0 Å². The average molecular weight is 272 g/mol. The summed E-state index contributed by atoms with van der Waals surface area (Å²) in [6.45, 7) is 0. The third kappa shape index (κ3) is 3.15. The zero-order valence-electron chi connectivity index (χ0n) is 11.1. The van der Waals surface area contributed by atoms with E-state index in [-0.39, 0.29) is 12.3 Å². The quantitative estimate of drug-likeness (QED) is 0.878. The molecular formula is C15H16N2O3. The van der Waals surface area contributed by atoms with Gasteiger partial charge in [0, 0.05) is 5.56 Å². The smallest absolute Gasteiger partial charge is 0.305 e. The Bertz CT molecular complexity index is 551. The second kappa shape index (κ2) is 5.74. The van der Waals surface area contributed by atoms with E-state index >= 15 is 0 Å². The molecule has 2 N–H and O–H groups in total. The molecule has 104 valence electrons. The molecule has 0 bridgehead atoms. The monoisotopic (exact) mass is 272 g/mol. The Kier molecular flexibility index (Phi) is 4.04. The first kappa shape index (κ1) is 14.1. The second-order valence-electron chi connectivity index (χ2n) is 5.20. The lowest BCUT2D eigenvalue weighted by atomic mass is 9.92. The number of carboxylic acid groups (broad SMARTS) is 1. The van der Waals surface area contributed by atoms with E-state index in [1.165, 1.54) is 0 Å². The molecule has 1 aromatic carbocycles. The van der Waals surface area contributed by atoms with E-state index in [9.17, 15) is 9.59 Å². The zero-order valence-corrected chi connectivity index (χ0v) is 11.1. The Hall–Kier alpha value is -2.35. The van der Waals surface area contributed by atoms with Crippen LogP contribution in [0, 0.1) is 11.3 Å². The first-order chi connectivity index (χ1) is 9.54. The van der Waals surface area contributed by atoms with Gasteiger partial charge in [0.15, 0.2) is 0 Å². The van der Waals surface area contributed by atoms with E-state index in [2.05, 4.69) is 5.32 Å². The normalized spacial score (nSPS) is 16.4. The minimum absolute atomic E-state index is 0.0466. The molecule has 0 heterocycles. The van der Waals surface area contributed by atoms with Crippen LogP contribution in [0.15, 0.2) is 24.3 Å². The van der Waals surface area contributed by atoms with Gasteiger partial charge in [-0.2, -0.15) is 5.26 Å². The van der Waals surface area contributed by atoms with Crippen molar-refractivity contribution in [2.45, 2.75) is 37.6 Å². The summed E-state index contributed by atoms with van der Waals surface area (Å²) in [4.78, 5) is 23.2.